The molecule has 1 saturated heterocycles. The summed E-state index contributed by atoms with van der Waals surface area (Å²) >= 11 is 0. The molecule has 1 aliphatic heterocycles. The summed E-state index contributed by atoms with van der Waals surface area (Å²) in [6.07, 6.45) is 2.06. The standard InChI is InChI=1S/C9H11FN4O2/c10-6-3-12-9(13-4-6)14-2-1-11-5-7(14)8(15)16/h3-4,7,11H,1-2,5H2,(H,15,16). The van der Waals surface area contributed by atoms with Gasteiger partial charge in [-0.1, -0.05) is 0 Å². The predicted molar refractivity (Wildman–Crippen MR) is 53.6 cm³/mol. The van der Waals surface area contributed by atoms with Gasteiger partial charge in [0.1, 0.15) is 6.04 Å². The Labute approximate surface area is 91.1 Å². The second kappa shape index (κ2) is 4.40. The van der Waals surface area contributed by atoms with Gasteiger partial charge in [0.25, 0.3) is 0 Å². The topological polar surface area (TPSA) is 78.4 Å². The lowest BCUT2D eigenvalue weighted by Gasteiger charge is -2.33. The van der Waals surface area contributed by atoms with Gasteiger partial charge in [0.05, 0.1) is 12.4 Å². The number of aromatic nitrogens is 2. The Bertz CT molecular complexity index is 384. The zero-order chi connectivity index (χ0) is 11.5. The highest BCUT2D eigenvalue weighted by atomic mass is 19.1. The number of nitrogens with one attached hydrogen (secondary N) is 1. The van der Waals surface area contributed by atoms with E-state index in [-0.39, 0.29) is 5.95 Å². The number of aliphatic carboxylic acids is 1. The number of hydrogen-bond donors (Lipinski definition) is 2. The van der Waals surface area contributed by atoms with E-state index in [9.17, 15) is 9.18 Å². The fourth-order valence-corrected chi connectivity index (χ4v) is 1.62. The van der Waals surface area contributed by atoms with E-state index in [1.165, 1.54) is 0 Å². The van der Waals surface area contributed by atoms with Crippen LogP contribution < -0.4 is 10.2 Å². The van der Waals surface area contributed by atoms with Gasteiger partial charge in [-0.05, 0) is 0 Å². The van der Waals surface area contributed by atoms with E-state index < -0.39 is 17.8 Å². The molecule has 6 nitrogen and oxygen atoms in total. The summed E-state index contributed by atoms with van der Waals surface area (Å²) in [5, 5.41) is 12.0. The Morgan fingerprint density at radius 2 is 2.25 bits per heavy atom. The Morgan fingerprint density at radius 1 is 1.56 bits per heavy atom. The molecule has 2 heterocycles. The second-order valence-corrected chi connectivity index (χ2v) is 3.45. The molecule has 16 heavy (non-hydrogen) atoms. The number of halogens is 1. The summed E-state index contributed by atoms with van der Waals surface area (Å²) < 4.78 is 12.6. The number of nitrogens with zero attached hydrogens (tertiary/aromatic N) is 3. The van der Waals surface area contributed by atoms with Crippen molar-refractivity contribution in [3.05, 3.63) is 18.2 Å². The highest BCUT2D eigenvalue weighted by molar-refractivity contribution is 5.77. The van der Waals surface area contributed by atoms with Crippen LogP contribution in [0.15, 0.2) is 12.4 Å². The SMILES string of the molecule is O=C(O)C1CNCCN1c1ncc(F)cn1. The monoisotopic (exact) mass is 226 g/mol. The molecule has 1 atom stereocenters. The second-order valence-electron chi connectivity index (χ2n) is 3.45. The van der Waals surface area contributed by atoms with Crippen LogP contribution in [0.25, 0.3) is 0 Å². The first-order valence-electron chi connectivity index (χ1n) is 4.86. The number of piperazine rings is 1. The van der Waals surface area contributed by atoms with E-state index >= 15 is 0 Å². The Hall–Kier alpha value is -1.76. The highest BCUT2D eigenvalue weighted by Crippen LogP contribution is 2.12. The van der Waals surface area contributed by atoms with Crippen LogP contribution in [0.4, 0.5) is 10.3 Å². The smallest absolute Gasteiger partial charge is 0.327 e. The molecule has 2 rings (SSSR count). The van der Waals surface area contributed by atoms with Crippen molar-refractivity contribution in [2.24, 2.45) is 0 Å². The minimum atomic E-state index is -0.944. The van der Waals surface area contributed by atoms with E-state index in [0.29, 0.717) is 19.6 Å². The molecule has 0 saturated carbocycles. The summed E-state index contributed by atoms with van der Waals surface area (Å²) in [6, 6.07) is -0.709. The third kappa shape index (κ3) is 2.08. The molecular formula is C9H11FN4O2. The minimum absolute atomic E-state index is 0.246. The molecule has 1 aliphatic rings. The molecule has 7 heteroatoms. The first-order valence-corrected chi connectivity index (χ1v) is 4.86. The van der Waals surface area contributed by atoms with E-state index in [0.717, 1.165) is 12.4 Å². The van der Waals surface area contributed by atoms with Crippen molar-refractivity contribution >= 4 is 11.9 Å². The molecule has 1 unspecified atom stereocenters. The maximum absolute atomic E-state index is 12.6. The molecule has 0 radical (unpaired) electrons. The lowest BCUT2D eigenvalue weighted by molar-refractivity contribution is -0.138. The number of hydrogen-bond acceptors (Lipinski definition) is 5. The van der Waals surface area contributed by atoms with Crippen molar-refractivity contribution in [1.82, 2.24) is 15.3 Å². The van der Waals surface area contributed by atoms with Crippen LogP contribution in [0.2, 0.25) is 0 Å². The fraction of sp³-hybridized carbons (Fsp3) is 0.444. The summed E-state index contributed by atoms with van der Waals surface area (Å²) in [5.74, 6) is -1.24. The average molecular weight is 226 g/mol. The Morgan fingerprint density at radius 3 is 2.88 bits per heavy atom. The highest BCUT2D eigenvalue weighted by Gasteiger charge is 2.29. The van der Waals surface area contributed by atoms with Crippen LogP contribution in [-0.4, -0.2) is 46.7 Å². The number of carboxylic acid groups (broad SMARTS) is 1. The number of carbonyl (C=O) groups is 1. The summed E-state index contributed by atoms with van der Waals surface area (Å²) in [4.78, 5) is 20.1. The van der Waals surface area contributed by atoms with Gasteiger partial charge in [-0.15, -0.1) is 0 Å². The van der Waals surface area contributed by atoms with Gasteiger partial charge in [0, 0.05) is 19.6 Å². The van der Waals surface area contributed by atoms with Crippen LogP contribution >= 0.6 is 0 Å². The van der Waals surface area contributed by atoms with Crippen LogP contribution in [0, 0.1) is 5.82 Å². The van der Waals surface area contributed by atoms with Crippen molar-refractivity contribution in [3.8, 4) is 0 Å². The molecule has 1 aromatic heterocycles. The lowest BCUT2D eigenvalue weighted by Crippen LogP contribution is -2.55. The molecule has 0 spiro atoms. The van der Waals surface area contributed by atoms with Gasteiger partial charge in [0.15, 0.2) is 5.82 Å². The quantitative estimate of drug-likeness (QED) is 0.706. The molecule has 0 aromatic carbocycles. The van der Waals surface area contributed by atoms with Crippen molar-refractivity contribution < 1.29 is 14.3 Å². The van der Waals surface area contributed by atoms with Gasteiger partial charge >= 0.3 is 5.97 Å². The number of carboxylic acids is 1. The van der Waals surface area contributed by atoms with Crippen LogP contribution in [-0.2, 0) is 4.79 Å². The molecular weight excluding hydrogens is 215 g/mol. The van der Waals surface area contributed by atoms with E-state index in [1.54, 1.807) is 4.90 Å². The Balaban J connectivity index is 2.23. The van der Waals surface area contributed by atoms with Crippen LogP contribution in [0.5, 0.6) is 0 Å². The average Bonchev–Trinajstić information content (AvgIpc) is 2.30. The lowest BCUT2D eigenvalue weighted by atomic mass is 10.2. The van der Waals surface area contributed by atoms with Crippen LogP contribution in [0.1, 0.15) is 0 Å². The molecule has 1 aromatic rings. The van der Waals surface area contributed by atoms with Gasteiger partial charge in [-0.2, -0.15) is 0 Å². The Kier molecular flexibility index (Phi) is 2.95. The van der Waals surface area contributed by atoms with Crippen LogP contribution in [0.3, 0.4) is 0 Å². The summed E-state index contributed by atoms with van der Waals surface area (Å²) in [5.41, 5.74) is 0. The molecule has 1 fully saturated rings. The van der Waals surface area contributed by atoms with Gasteiger partial charge < -0.3 is 15.3 Å². The maximum Gasteiger partial charge on any atom is 0.327 e. The predicted octanol–water partition coefficient (Wildman–Crippen LogP) is -0.522. The zero-order valence-corrected chi connectivity index (χ0v) is 8.43. The van der Waals surface area contributed by atoms with E-state index in [4.69, 9.17) is 5.11 Å². The fourth-order valence-electron chi connectivity index (χ4n) is 1.62. The molecule has 0 bridgehead atoms. The van der Waals surface area contributed by atoms with Gasteiger partial charge in [-0.3, -0.25) is 0 Å². The van der Waals surface area contributed by atoms with Gasteiger partial charge in [0.2, 0.25) is 5.95 Å². The van der Waals surface area contributed by atoms with Gasteiger partial charge in [-0.25, -0.2) is 19.2 Å². The normalized spacial score (nSPS) is 20.8. The van der Waals surface area contributed by atoms with Crippen molar-refractivity contribution in [2.75, 3.05) is 24.5 Å². The first kappa shape index (κ1) is 10.7. The summed E-state index contributed by atoms with van der Waals surface area (Å²) in [6.45, 7) is 1.48. The van der Waals surface area contributed by atoms with Crippen molar-refractivity contribution in [1.29, 1.82) is 0 Å². The molecule has 2 N–H and O–H groups in total. The molecule has 0 amide bonds. The molecule has 0 aliphatic carbocycles. The maximum atomic E-state index is 12.6. The van der Waals surface area contributed by atoms with E-state index in [2.05, 4.69) is 15.3 Å². The van der Waals surface area contributed by atoms with E-state index in [1.807, 2.05) is 0 Å². The first-order chi connectivity index (χ1) is 7.68. The van der Waals surface area contributed by atoms with Crippen molar-refractivity contribution in [2.45, 2.75) is 6.04 Å². The third-order valence-corrected chi connectivity index (χ3v) is 2.39. The number of anilines is 1. The van der Waals surface area contributed by atoms with Crippen molar-refractivity contribution in [3.63, 3.8) is 0 Å². The minimum Gasteiger partial charge on any atom is -0.480 e. The largest absolute Gasteiger partial charge is 0.480 e. The third-order valence-electron chi connectivity index (χ3n) is 2.39. The summed E-state index contributed by atoms with van der Waals surface area (Å²) in [7, 11) is 0. The molecule has 86 valence electrons. The zero-order valence-electron chi connectivity index (χ0n) is 8.43. The number of rotatable bonds is 2.